The molecule has 1 heterocycles. The molecule has 104 valence electrons. The third-order valence-corrected chi connectivity index (χ3v) is 3.23. The predicted octanol–water partition coefficient (Wildman–Crippen LogP) is 3.16. The SMILES string of the molecule is CN(C)C(=O)c1ccc(NCc2cncc(Br)c2)cc1. The molecule has 1 aromatic carbocycles. The fourth-order valence-electron chi connectivity index (χ4n) is 1.75. The molecular weight excluding hydrogens is 318 g/mol. The summed E-state index contributed by atoms with van der Waals surface area (Å²) < 4.78 is 0.962. The van der Waals surface area contributed by atoms with Crippen molar-refractivity contribution in [1.82, 2.24) is 9.88 Å². The monoisotopic (exact) mass is 333 g/mol. The number of anilines is 1. The van der Waals surface area contributed by atoms with E-state index in [4.69, 9.17) is 0 Å². The number of nitrogens with zero attached hydrogens (tertiary/aromatic N) is 2. The molecule has 0 radical (unpaired) electrons. The zero-order valence-corrected chi connectivity index (χ0v) is 13.0. The summed E-state index contributed by atoms with van der Waals surface area (Å²) in [6, 6.07) is 9.47. The van der Waals surface area contributed by atoms with Crippen molar-refractivity contribution in [2.24, 2.45) is 0 Å². The number of aromatic nitrogens is 1. The van der Waals surface area contributed by atoms with E-state index in [1.54, 1.807) is 25.2 Å². The summed E-state index contributed by atoms with van der Waals surface area (Å²) in [5.74, 6) is 0.00717. The Balaban J connectivity index is 1.99. The Kier molecular flexibility index (Phi) is 4.74. The van der Waals surface area contributed by atoms with Crippen molar-refractivity contribution in [2.45, 2.75) is 6.54 Å². The molecule has 0 saturated carbocycles. The first-order valence-electron chi connectivity index (χ1n) is 6.21. The van der Waals surface area contributed by atoms with Crippen LogP contribution in [0.25, 0.3) is 0 Å². The molecule has 0 aliphatic carbocycles. The van der Waals surface area contributed by atoms with Gasteiger partial charge in [-0.3, -0.25) is 9.78 Å². The van der Waals surface area contributed by atoms with E-state index in [1.807, 2.05) is 36.5 Å². The van der Waals surface area contributed by atoms with E-state index in [0.29, 0.717) is 12.1 Å². The van der Waals surface area contributed by atoms with Crippen molar-refractivity contribution >= 4 is 27.5 Å². The highest BCUT2D eigenvalue weighted by molar-refractivity contribution is 9.10. The molecule has 2 aromatic rings. The van der Waals surface area contributed by atoms with Crippen molar-refractivity contribution in [1.29, 1.82) is 0 Å². The molecule has 0 bridgehead atoms. The topological polar surface area (TPSA) is 45.2 Å². The van der Waals surface area contributed by atoms with Gasteiger partial charge < -0.3 is 10.2 Å². The van der Waals surface area contributed by atoms with Crippen LogP contribution >= 0.6 is 15.9 Å². The average molecular weight is 334 g/mol. The van der Waals surface area contributed by atoms with E-state index in [0.717, 1.165) is 15.7 Å². The number of rotatable bonds is 4. The second-order valence-corrected chi connectivity index (χ2v) is 5.56. The van der Waals surface area contributed by atoms with Crippen molar-refractivity contribution in [2.75, 3.05) is 19.4 Å². The van der Waals surface area contributed by atoms with E-state index in [2.05, 4.69) is 26.2 Å². The minimum Gasteiger partial charge on any atom is -0.381 e. The van der Waals surface area contributed by atoms with Gasteiger partial charge in [-0.2, -0.15) is 0 Å². The number of carbonyl (C=O) groups is 1. The van der Waals surface area contributed by atoms with Crippen molar-refractivity contribution in [3.63, 3.8) is 0 Å². The Morgan fingerprint density at radius 3 is 2.55 bits per heavy atom. The summed E-state index contributed by atoms with van der Waals surface area (Å²) in [6.45, 7) is 0.688. The molecule has 0 aliphatic rings. The summed E-state index contributed by atoms with van der Waals surface area (Å²) in [5.41, 5.74) is 2.75. The molecule has 2 rings (SSSR count). The van der Waals surface area contributed by atoms with Crippen LogP contribution in [0, 0.1) is 0 Å². The molecule has 5 heteroatoms. The van der Waals surface area contributed by atoms with Crippen molar-refractivity contribution in [3.8, 4) is 0 Å². The highest BCUT2D eigenvalue weighted by Gasteiger charge is 2.06. The highest BCUT2D eigenvalue weighted by atomic mass is 79.9. The maximum absolute atomic E-state index is 11.8. The van der Waals surface area contributed by atoms with E-state index < -0.39 is 0 Å². The van der Waals surface area contributed by atoms with Crippen LogP contribution in [-0.2, 0) is 6.54 Å². The lowest BCUT2D eigenvalue weighted by Gasteiger charge is -2.11. The quantitative estimate of drug-likeness (QED) is 0.934. The Morgan fingerprint density at radius 1 is 1.25 bits per heavy atom. The molecule has 0 aliphatic heterocycles. The lowest BCUT2D eigenvalue weighted by atomic mass is 10.2. The maximum atomic E-state index is 11.8. The Hall–Kier alpha value is -1.88. The number of nitrogens with one attached hydrogen (secondary N) is 1. The molecule has 1 N–H and O–H groups in total. The van der Waals surface area contributed by atoms with Gasteiger partial charge in [-0.25, -0.2) is 0 Å². The van der Waals surface area contributed by atoms with Gasteiger partial charge in [0.2, 0.25) is 0 Å². The second-order valence-electron chi connectivity index (χ2n) is 4.64. The first kappa shape index (κ1) is 14.5. The first-order chi connectivity index (χ1) is 9.56. The molecule has 20 heavy (non-hydrogen) atoms. The largest absolute Gasteiger partial charge is 0.381 e. The highest BCUT2D eigenvalue weighted by Crippen LogP contribution is 2.14. The lowest BCUT2D eigenvalue weighted by molar-refractivity contribution is 0.0827. The van der Waals surface area contributed by atoms with Gasteiger partial charge in [-0.1, -0.05) is 0 Å². The van der Waals surface area contributed by atoms with Crippen LogP contribution < -0.4 is 5.32 Å². The van der Waals surface area contributed by atoms with Crippen LogP contribution in [0.15, 0.2) is 47.2 Å². The van der Waals surface area contributed by atoms with Gasteiger partial charge >= 0.3 is 0 Å². The molecule has 0 atom stereocenters. The molecule has 0 spiro atoms. The second kappa shape index (κ2) is 6.52. The summed E-state index contributed by atoms with van der Waals surface area (Å²) in [6.07, 6.45) is 3.58. The zero-order chi connectivity index (χ0) is 14.5. The van der Waals surface area contributed by atoms with Crippen LogP contribution in [-0.4, -0.2) is 29.9 Å². The summed E-state index contributed by atoms with van der Waals surface area (Å²) in [7, 11) is 3.49. The van der Waals surface area contributed by atoms with Crippen LogP contribution in [0.5, 0.6) is 0 Å². The number of pyridine rings is 1. The summed E-state index contributed by atoms with van der Waals surface area (Å²) >= 11 is 3.39. The van der Waals surface area contributed by atoms with Gasteiger partial charge in [-0.05, 0) is 51.8 Å². The molecule has 4 nitrogen and oxygen atoms in total. The standard InChI is InChI=1S/C15H16BrN3O/c1-19(2)15(20)12-3-5-14(6-4-12)18-9-11-7-13(16)10-17-8-11/h3-8,10,18H,9H2,1-2H3. The van der Waals surface area contributed by atoms with E-state index >= 15 is 0 Å². The van der Waals surface area contributed by atoms with E-state index in [9.17, 15) is 4.79 Å². The number of carbonyl (C=O) groups excluding carboxylic acids is 1. The van der Waals surface area contributed by atoms with Gasteiger partial charge in [0.05, 0.1) is 0 Å². The summed E-state index contributed by atoms with van der Waals surface area (Å²) in [4.78, 5) is 17.4. The number of benzene rings is 1. The Morgan fingerprint density at radius 2 is 1.95 bits per heavy atom. The average Bonchev–Trinajstić information content (AvgIpc) is 2.45. The van der Waals surface area contributed by atoms with Gasteiger partial charge in [0.1, 0.15) is 0 Å². The van der Waals surface area contributed by atoms with Gasteiger partial charge in [0, 0.05) is 48.8 Å². The molecule has 0 unspecified atom stereocenters. The minimum atomic E-state index is 0.00717. The Bertz CT molecular complexity index is 596. The van der Waals surface area contributed by atoms with Crippen molar-refractivity contribution in [3.05, 3.63) is 58.3 Å². The first-order valence-corrected chi connectivity index (χ1v) is 7.00. The third kappa shape index (κ3) is 3.81. The van der Waals surface area contributed by atoms with Gasteiger partial charge in [0.25, 0.3) is 5.91 Å². The van der Waals surface area contributed by atoms with Crippen LogP contribution in [0.4, 0.5) is 5.69 Å². The van der Waals surface area contributed by atoms with Crippen LogP contribution in [0.1, 0.15) is 15.9 Å². The minimum absolute atomic E-state index is 0.00717. The fraction of sp³-hybridized carbons (Fsp3) is 0.200. The molecular formula is C15H16BrN3O. The molecule has 0 saturated heterocycles. The van der Waals surface area contributed by atoms with Crippen LogP contribution in [0.2, 0.25) is 0 Å². The number of amides is 1. The third-order valence-electron chi connectivity index (χ3n) is 2.80. The number of hydrogen-bond acceptors (Lipinski definition) is 3. The van der Waals surface area contributed by atoms with E-state index in [1.165, 1.54) is 0 Å². The summed E-state index contributed by atoms with van der Waals surface area (Å²) in [5, 5.41) is 3.30. The molecule has 1 aromatic heterocycles. The van der Waals surface area contributed by atoms with Gasteiger partial charge in [0.15, 0.2) is 0 Å². The van der Waals surface area contributed by atoms with Crippen LogP contribution in [0.3, 0.4) is 0 Å². The number of hydrogen-bond donors (Lipinski definition) is 1. The molecule has 1 amide bonds. The smallest absolute Gasteiger partial charge is 0.253 e. The Labute approximate surface area is 127 Å². The van der Waals surface area contributed by atoms with E-state index in [-0.39, 0.29) is 5.91 Å². The van der Waals surface area contributed by atoms with Crippen molar-refractivity contribution < 1.29 is 4.79 Å². The maximum Gasteiger partial charge on any atom is 0.253 e. The normalized spacial score (nSPS) is 10.2. The number of halogens is 1. The van der Waals surface area contributed by atoms with Gasteiger partial charge in [-0.15, -0.1) is 0 Å². The zero-order valence-electron chi connectivity index (χ0n) is 11.4. The predicted molar refractivity (Wildman–Crippen MR) is 83.7 cm³/mol. The lowest BCUT2D eigenvalue weighted by Crippen LogP contribution is -2.21. The fourth-order valence-corrected chi connectivity index (χ4v) is 2.16. The molecule has 0 fully saturated rings.